The van der Waals surface area contributed by atoms with E-state index < -0.39 is 0 Å². The van der Waals surface area contributed by atoms with Gasteiger partial charge in [0.1, 0.15) is 0 Å². The Labute approximate surface area is 163 Å². The zero-order chi connectivity index (χ0) is 19.5. The maximum atomic E-state index is 12.9. The van der Waals surface area contributed by atoms with Gasteiger partial charge in [-0.3, -0.25) is 4.79 Å². The molecule has 0 N–H and O–H groups in total. The molecule has 28 heavy (non-hydrogen) atoms. The summed E-state index contributed by atoms with van der Waals surface area (Å²) < 4.78 is 12.4. The molecule has 1 aliphatic rings. The topological polar surface area (TPSA) is 69.5 Å². The summed E-state index contributed by atoms with van der Waals surface area (Å²) in [5, 5.41) is 8.19. The zero-order valence-electron chi connectivity index (χ0n) is 16.0. The van der Waals surface area contributed by atoms with Crippen molar-refractivity contribution in [2.75, 3.05) is 20.8 Å². The van der Waals surface area contributed by atoms with Crippen molar-refractivity contribution < 1.29 is 14.3 Å². The summed E-state index contributed by atoms with van der Waals surface area (Å²) in [7, 11) is 3.24. The second kappa shape index (κ2) is 7.72. The number of carbonyl (C=O) groups is 1. The van der Waals surface area contributed by atoms with Crippen LogP contribution in [0.3, 0.4) is 0 Å². The SMILES string of the molecule is COc1cc2c(cc1OC)CN(C(=O)c1cn(Cc3ccccc3)nn1)CC2. The molecule has 1 aliphatic heterocycles. The molecule has 0 atom stereocenters. The fraction of sp³-hybridized carbons (Fsp3) is 0.286. The molecule has 0 radical (unpaired) electrons. The first-order valence-corrected chi connectivity index (χ1v) is 9.15. The number of rotatable bonds is 5. The molecule has 1 amide bonds. The molecule has 0 saturated carbocycles. The fourth-order valence-electron chi connectivity index (χ4n) is 3.46. The molecule has 4 rings (SSSR count). The van der Waals surface area contributed by atoms with Gasteiger partial charge in [-0.1, -0.05) is 35.5 Å². The quantitative estimate of drug-likeness (QED) is 0.682. The van der Waals surface area contributed by atoms with Gasteiger partial charge in [0.25, 0.3) is 5.91 Å². The molecule has 0 aliphatic carbocycles. The van der Waals surface area contributed by atoms with E-state index in [-0.39, 0.29) is 5.91 Å². The van der Waals surface area contributed by atoms with E-state index in [1.165, 1.54) is 5.56 Å². The van der Waals surface area contributed by atoms with E-state index in [0.717, 1.165) is 17.5 Å². The average Bonchev–Trinajstić information content (AvgIpc) is 3.20. The summed E-state index contributed by atoms with van der Waals surface area (Å²) in [4.78, 5) is 14.7. The molecular weight excluding hydrogens is 356 g/mol. The maximum absolute atomic E-state index is 12.9. The van der Waals surface area contributed by atoms with Crippen LogP contribution in [-0.2, 0) is 19.5 Å². The number of aromatic nitrogens is 3. The molecule has 1 aromatic heterocycles. The van der Waals surface area contributed by atoms with E-state index in [4.69, 9.17) is 9.47 Å². The van der Waals surface area contributed by atoms with Gasteiger partial charge < -0.3 is 14.4 Å². The van der Waals surface area contributed by atoms with Crippen LogP contribution in [0, 0.1) is 0 Å². The number of fused-ring (bicyclic) bond motifs is 1. The first kappa shape index (κ1) is 18.0. The van der Waals surface area contributed by atoms with Gasteiger partial charge in [0.2, 0.25) is 0 Å². The third kappa shape index (κ3) is 3.55. The van der Waals surface area contributed by atoms with E-state index in [1.54, 1.807) is 30.0 Å². The van der Waals surface area contributed by atoms with Crippen molar-refractivity contribution in [3.8, 4) is 11.5 Å². The standard InChI is InChI=1S/C21H22N4O3/c1-27-19-10-16-8-9-24(13-17(16)11-20(19)28-2)21(26)18-14-25(23-22-18)12-15-6-4-3-5-7-15/h3-7,10-11,14H,8-9,12-13H2,1-2H3. The van der Waals surface area contributed by atoms with Crippen LogP contribution in [-0.4, -0.2) is 46.6 Å². The lowest BCUT2D eigenvalue weighted by Gasteiger charge is -2.29. The molecule has 2 heterocycles. The van der Waals surface area contributed by atoms with Crippen LogP contribution in [0.4, 0.5) is 0 Å². The van der Waals surface area contributed by atoms with Gasteiger partial charge in [-0.05, 0) is 35.2 Å². The molecule has 7 nitrogen and oxygen atoms in total. The Morgan fingerprint density at radius 2 is 1.79 bits per heavy atom. The number of amides is 1. The van der Waals surface area contributed by atoms with Gasteiger partial charge in [-0.15, -0.1) is 5.10 Å². The third-order valence-electron chi connectivity index (χ3n) is 4.95. The van der Waals surface area contributed by atoms with E-state index in [2.05, 4.69) is 10.3 Å². The van der Waals surface area contributed by atoms with E-state index in [0.29, 0.717) is 36.8 Å². The smallest absolute Gasteiger partial charge is 0.276 e. The first-order valence-electron chi connectivity index (χ1n) is 9.15. The highest BCUT2D eigenvalue weighted by Crippen LogP contribution is 2.33. The Morgan fingerprint density at radius 1 is 1.07 bits per heavy atom. The molecule has 3 aromatic rings. The van der Waals surface area contributed by atoms with Crippen molar-refractivity contribution in [1.29, 1.82) is 0 Å². The van der Waals surface area contributed by atoms with Gasteiger partial charge in [0.05, 0.1) is 27.0 Å². The monoisotopic (exact) mass is 378 g/mol. The van der Waals surface area contributed by atoms with Crippen LogP contribution in [0.25, 0.3) is 0 Å². The highest BCUT2D eigenvalue weighted by Gasteiger charge is 2.25. The fourth-order valence-corrected chi connectivity index (χ4v) is 3.46. The second-order valence-corrected chi connectivity index (χ2v) is 6.74. The number of hydrogen-bond acceptors (Lipinski definition) is 5. The average molecular weight is 378 g/mol. The van der Waals surface area contributed by atoms with Crippen molar-refractivity contribution in [2.45, 2.75) is 19.5 Å². The Kier molecular flexibility index (Phi) is 4.97. The van der Waals surface area contributed by atoms with Crippen molar-refractivity contribution >= 4 is 5.91 Å². The lowest BCUT2D eigenvalue weighted by atomic mass is 9.98. The molecular formula is C21H22N4O3. The number of methoxy groups -OCH3 is 2. The minimum Gasteiger partial charge on any atom is -0.493 e. The second-order valence-electron chi connectivity index (χ2n) is 6.74. The minimum absolute atomic E-state index is 0.111. The Hall–Kier alpha value is -3.35. The number of hydrogen-bond donors (Lipinski definition) is 0. The van der Waals surface area contributed by atoms with Gasteiger partial charge in [0.15, 0.2) is 17.2 Å². The van der Waals surface area contributed by atoms with Gasteiger partial charge in [-0.25, -0.2) is 4.68 Å². The summed E-state index contributed by atoms with van der Waals surface area (Å²) in [5.74, 6) is 1.27. The number of carbonyl (C=O) groups excluding carboxylic acids is 1. The summed E-state index contributed by atoms with van der Waals surface area (Å²) in [6.07, 6.45) is 2.47. The summed E-state index contributed by atoms with van der Waals surface area (Å²) in [6, 6.07) is 13.9. The highest BCUT2D eigenvalue weighted by molar-refractivity contribution is 5.92. The van der Waals surface area contributed by atoms with Crippen LogP contribution in [0.2, 0.25) is 0 Å². The summed E-state index contributed by atoms with van der Waals surface area (Å²) >= 11 is 0. The van der Waals surface area contributed by atoms with Crippen LogP contribution in [0.15, 0.2) is 48.7 Å². The number of nitrogens with zero attached hydrogens (tertiary/aromatic N) is 4. The zero-order valence-corrected chi connectivity index (χ0v) is 16.0. The van der Waals surface area contributed by atoms with Crippen LogP contribution in [0.1, 0.15) is 27.2 Å². The molecule has 0 bridgehead atoms. The molecule has 0 saturated heterocycles. The third-order valence-corrected chi connectivity index (χ3v) is 4.95. The van der Waals surface area contributed by atoms with Crippen molar-refractivity contribution in [3.05, 3.63) is 71.0 Å². The molecule has 0 unspecified atom stereocenters. The molecule has 7 heteroatoms. The number of ether oxygens (including phenoxy) is 2. The molecule has 0 spiro atoms. The van der Waals surface area contributed by atoms with Crippen LogP contribution in [0.5, 0.6) is 11.5 Å². The molecule has 144 valence electrons. The van der Waals surface area contributed by atoms with Crippen molar-refractivity contribution in [3.63, 3.8) is 0 Å². The molecule has 2 aromatic carbocycles. The van der Waals surface area contributed by atoms with Gasteiger partial charge in [0, 0.05) is 13.1 Å². The Morgan fingerprint density at radius 3 is 2.50 bits per heavy atom. The van der Waals surface area contributed by atoms with Crippen molar-refractivity contribution in [2.24, 2.45) is 0 Å². The minimum atomic E-state index is -0.111. The number of benzene rings is 2. The first-order chi connectivity index (χ1) is 13.7. The summed E-state index contributed by atoms with van der Waals surface area (Å²) in [5.41, 5.74) is 3.71. The summed E-state index contributed by atoms with van der Waals surface area (Å²) in [6.45, 7) is 1.73. The van der Waals surface area contributed by atoms with Crippen LogP contribution >= 0.6 is 0 Å². The van der Waals surface area contributed by atoms with Crippen molar-refractivity contribution in [1.82, 2.24) is 19.9 Å². The van der Waals surface area contributed by atoms with E-state index >= 15 is 0 Å². The van der Waals surface area contributed by atoms with Crippen LogP contribution < -0.4 is 9.47 Å². The predicted molar refractivity (Wildman–Crippen MR) is 104 cm³/mol. The predicted octanol–water partition coefficient (Wildman–Crippen LogP) is 2.54. The Balaban J connectivity index is 1.49. The lowest BCUT2D eigenvalue weighted by molar-refractivity contribution is 0.0728. The molecule has 0 fully saturated rings. The van der Waals surface area contributed by atoms with Gasteiger partial charge >= 0.3 is 0 Å². The van der Waals surface area contributed by atoms with E-state index in [9.17, 15) is 4.79 Å². The van der Waals surface area contributed by atoms with Gasteiger partial charge in [-0.2, -0.15) is 0 Å². The largest absolute Gasteiger partial charge is 0.493 e. The normalized spacial score (nSPS) is 13.1. The lowest BCUT2D eigenvalue weighted by Crippen LogP contribution is -2.36. The highest BCUT2D eigenvalue weighted by atomic mass is 16.5. The Bertz CT molecular complexity index is 985. The van der Waals surface area contributed by atoms with E-state index in [1.807, 2.05) is 42.5 Å². The maximum Gasteiger partial charge on any atom is 0.276 e.